The molecule has 8 nitrogen and oxygen atoms in total. The van der Waals surface area contributed by atoms with Crippen LogP contribution in [-0.4, -0.2) is 37.5 Å². The molecule has 0 spiro atoms. The average Bonchev–Trinajstić information content (AvgIpc) is 3.21. The van der Waals surface area contributed by atoms with Crippen LogP contribution in [0, 0.1) is 0 Å². The molecule has 0 amide bonds. The summed E-state index contributed by atoms with van der Waals surface area (Å²) in [6.07, 6.45) is 3.44. The molecule has 1 aliphatic rings. The molecule has 0 unspecified atom stereocenters. The number of allylic oxidation sites excluding steroid dienone is 1. The Balaban J connectivity index is 1.95. The van der Waals surface area contributed by atoms with Crippen molar-refractivity contribution in [3.05, 3.63) is 97.2 Å². The number of fused-ring (bicyclic) bond motifs is 1. The summed E-state index contributed by atoms with van der Waals surface area (Å²) >= 11 is 1.25. The Bertz CT molecular complexity index is 1570. The number of para-hydroxylation sites is 1. The topological polar surface area (TPSA) is 88.3 Å². The number of hydrogen-bond donors (Lipinski definition) is 0. The van der Waals surface area contributed by atoms with E-state index in [9.17, 15) is 9.59 Å². The first kappa shape index (κ1) is 26.9. The van der Waals surface area contributed by atoms with Crippen LogP contribution >= 0.6 is 11.3 Å². The standard InChI is InChI=1S/C29H30N2O6S/c1-6-15-37-21-12-10-9-11-19(21)17-24-27(32)31-26(20-13-14-22(34-5)23(16-20)35-7-2)25(28(33)36-8-3)18(4)30-29(31)38-24/h6,9-14,16-17,26H,1,7-8,15H2,2-5H3/t26-/m0/s1. The Morgan fingerprint density at radius 3 is 2.61 bits per heavy atom. The van der Waals surface area contributed by atoms with E-state index in [2.05, 4.69) is 11.6 Å². The normalized spacial score (nSPS) is 14.9. The number of nitrogens with zero attached hydrogens (tertiary/aromatic N) is 2. The zero-order valence-corrected chi connectivity index (χ0v) is 22.7. The van der Waals surface area contributed by atoms with Crippen LogP contribution in [0.25, 0.3) is 6.08 Å². The Morgan fingerprint density at radius 1 is 1.11 bits per heavy atom. The van der Waals surface area contributed by atoms with Crippen molar-refractivity contribution >= 4 is 23.4 Å². The Labute approximate surface area is 224 Å². The van der Waals surface area contributed by atoms with Crippen molar-refractivity contribution in [2.75, 3.05) is 26.9 Å². The van der Waals surface area contributed by atoms with Gasteiger partial charge in [-0.1, -0.05) is 48.3 Å². The number of hydrogen-bond acceptors (Lipinski definition) is 8. The molecule has 198 valence electrons. The molecular formula is C29H30N2O6S. The fraction of sp³-hybridized carbons (Fsp3) is 0.276. The van der Waals surface area contributed by atoms with Crippen LogP contribution in [0.4, 0.5) is 0 Å². The Hall–Kier alpha value is -4.11. The van der Waals surface area contributed by atoms with Crippen molar-refractivity contribution in [1.29, 1.82) is 0 Å². The lowest BCUT2D eigenvalue weighted by Crippen LogP contribution is -2.40. The third-order valence-electron chi connectivity index (χ3n) is 5.88. The van der Waals surface area contributed by atoms with Gasteiger partial charge in [-0.25, -0.2) is 9.79 Å². The van der Waals surface area contributed by atoms with E-state index < -0.39 is 12.0 Å². The number of aromatic nitrogens is 1. The SMILES string of the molecule is C=CCOc1ccccc1C=c1sc2n(c1=O)[C@@H](c1ccc(OC)c(OCC)c1)C(C(=O)OCC)=C(C)N=2. The average molecular weight is 535 g/mol. The van der Waals surface area contributed by atoms with Crippen molar-refractivity contribution in [2.45, 2.75) is 26.8 Å². The van der Waals surface area contributed by atoms with Gasteiger partial charge in [0, 0.05) is 5.56 Å². The third kappa shape index (κ3) is 5.28. The van der Waals surface area contributed by atoms with Crippen LogP contribution in [0.1, 0.15) is 37.9 Å². The van der Waals surface area contributed by atoms with Crippen molar-refractivity contribution in [3.8, 4) is 17.2 Å². The maximum atomic E-state index is 13.9. The van der Waals surface area contributed by atoms with Gasteiger partial charge in [-0.2, -0.15) is 0 Å². The zero-order chi connectivity index (χ0) is 27.2. The number of ether oxygens (including phenoxy) is 4. The molecule has 0 aliphatic carbocycles. The fourth-order valence-electron chi connectivity index (χ4n) is 4.26. The molecule has 1 atom stereocenters. The van der Waals surface area contributed by atoms with E-state index in [0.717, 1.165) is 5.56 Å². The Kier molecular flexibility index (Phi) is 8.48. The highest BCUT2D eigenvalue weighted by Crippen LogP contribution is 2.36. The molecule has 1 aromatic heterocycles. The molecular weight excluding hydrogens is 504 g/mol. The first-order chi connectivity index (χ1) is 18.4. The largest absolute Gasteiger partial charge is 0.493 e. The van der Waals surface area contributed by atoms with Crippen molar-refractivity contribution < 1.29 is 23.7 Å². The summed E-state index contributed by atoms with van der Waals surface area (Å²) in [6.45, 7) is 10.0. The van der Waals surface area contributed by atoms with Gasteiger partial charge in [0.1, 0.15) is 12.4 Å². The maximum absolute atomic E-state index is 13.9. The van der Waals surface area contributed by atoms with Gasteiger partial charge >= 0.3 is 5.97 Å². The molecule has 0 fully saturated rings. The van der Waals surface area contributed by atoms with Gasteiger partial charge in [0.2, 0.25) is 0 Å². The maximum Gasteiger partial charge on any atom is 0.338 e. The summed E-state index contributed by atoms with van der Waals surface area (Å²) in [5.41, 5.74) is 1.94. The predicted molar refractivity (Wildman–Crippen MR) is 147 cm³/mol. The second kappa shape index (κ2) is 12.0. The van der Waals surface area contributed by atoms with Gasteiger partial charge in [0.05, 0.1) is 42.2 Å². The summed E-state index contributed by atoms with van der Waals surface area (Å²) in [7, 11) is 1.56. The number of thiazole rings is 1. The van der Waals surface area contributed by atoms with Crippen LogP contribution < -0.4 is 29.1 Å². The van der Waals surface area contributed by atoms with Crippen molar-refractivity contribution in [3.63, 3.8) is 0 Å². The first-order valence-corrected chi connectivity index (χ1v) is 13.1. The predicted octanol–water partition coefficient (Wildman–Crippen LogP) is 3.77. The quantitative estimate of drug-likeness (QED) is 0.291. The number of rotatable bonds is 10. The molecule has 0 saturated heterocycles. The summed E-state index contributed by atoms with van der Waals surface area (Å²) in [6, 6.07) is 12.1. The summed E-state index contributed by atoms with van der Waals surface area (Å²) < 4.78 is 24.4. The number of esters is 1. The van der Waals surface area contributed by atoms with Crippen LogP contribution in [0.15, 0.2) is 76.2 Å². The van der Waals surface area contributed by atoms with Gasteiger partial charge in [-0.15, -0.1) is 0 Å². The molecule has 4 rings (SSSR count). The smallest absolute Gasteiger partial charge is 0.338 e. The van der Waals surface area contributed by atoms with Crippen molar-refractivity contribution in [1.82, 2.24) is 4.57 Å². The molecule has 0 radical (unpaired) electrons. The molecule has 0 bridgehead atoms. The van der Waals surface area contributed by atoms with Gasteiger partial charge < -0.3 is 18.9 Å². The number of carbonyl (C=O) groups is 1. The minimum absolute atomic E-state index is 0.195. The second-order valence-corrected chi connectivity index (χ2v) is 9.29. The van der Waals surface area contributed by atoms with Crippen LogP contribution in [-0.2, 0) is 9.53 Å². The minimum Gasteiger partial charge on any atom is -0.493 e. The summed E-state index contributed by atoms with van der Waals surface area (Å²) in [4.78, 5) is 32.2. The van der Waals surface area contributed by atoms with Crippen LogP contribution in [0.2, 0.25) is 0 Å². The van der Waals surface area contributed by atoms with E-state index in [1.54, 1.807) is 49.8 Å². The Morgan fingerprint density at radius 2 is 1.89 bits per heavy atom. The fourth-order valence-corrected chi connectivity index (χ4v) is 5.30. The van der Waals surface area contributed by atoms with Crippen LogP contribution in [0.3, 0.4) is 0 Å². The van der Waals surface area contributed by atoms with Gasteiger partial charge in [-0.05, 0) is 50.6 Å². The highest BCUT2D eigenvalue weighted by atomic mass is 32.1. The molecule has 0 N–H and O–H groups in total. The second-order valence-electron chi connectivity index (χ2n) is 8.28. The zero-order valence-electron chi connectivity index (χ0n) is 21.9. The lowest BCUT2D eigenvalue weighted by molar-refractivity contribution is -0.139. The third-order valence-corrected chi connectivity index (χ3v) is 6.87. The van der Waals surface area contributed by atoms with Crippen LogP contribution in [0.5, 0.6) is 17.2 Å². The lowest BCUT2D eigenvalue weighted by Gasteiger charge is -2.25. The molecule has 0 saturated carbocycles. The molecule has 2 heterocycles. The van der Waals surface area contributed by atoms with E-state index in [4.69, 9.17) is 18.9 Å². The monoisotopic (exact) mass is 534 g/mol. The highest BCUT2D eigenvalue weighted by molar-refractivity contribution is 7.07. The number of benzene rings is 2. The molecule has 9 heteroatoms. The van der Waals surface area contributed by atoms with Gasteiger partial charge in [-0.3, -0.25) is 9.36 Å². The molecule has 3 aromatic rings. The summed E-state index contributed by atoms with van der Waals surface area (Å²) in [5.74, 6) is 1.18. The van der Waals surface area contributed by atoms with E-state index in [1.165, 1.54) is 11.3 Å². The molecule has 38 heavy (non-hydrogen) atoms. The lowest BCUT2D eigenvalue weighted by atomic mass is 9.95. The van der Waals surface area contributed by atoms with E-state index >= 15 is 0 Å². The highest BCUT2D eigenvalue weighted by Gasteiger charge is 2.34. The van der Waals surface area contributed by atoms with E-state index in [-0.39, 0.29) is 12.2 Å². The van der Waals surface area contributed by atoms with Crippen molar-refractivity contribution in [2.24, 2.45) is 4.99 Å². The van der Waals surface area contributed by atoms with Gasteiger partial charge in [0.15, 0.2) is 16.3 Å². The first-order valence-electron chi connectivity index (χ1n) is 12.3. The number of carbonyl (C=O) groups excluding carboxylic acids is 1. The van der Waals surface area contributed by atoms with Gasteiger partial charge in [0.25, 0.3) is 5.56 Å². The summed E-state index contributed by atoms with van der Waals surface area (Å²) in [5, 5.41) is 0. The van der Waals surface area contributed by atoms with E-state index in [1.807, 2.05) is 37.3 Å². The number of methoxy groups -OCH3 is 1. The molecule has 1 aliphatic heterocycles. The minimum atomic E-state index is -0.759. The van der Waals surface area contributed by atoms with E-state index in [0.29, 0.717) is 56.6 Å². The molecule has 2 aromatic carbocycles.